The highest BCUT2D eigenvalue weighted by Crippen LogP contribution is 2.30. The first-order valence-corrected chi connectivity index (χ1v) is 6.22. The van der Waals surface area contributed by atoms with E-state index in [4.69, 9.17) is 0 Å². The highest BCUT2D eigenvalue weighted by molar-refractivity contribution is 5.32. The van der Waals surface area contributed by atoms with Crippen LogP contribution in [-0.4, -0.2) is 31.6 Å². The maximum Gasteiger partial charge on any atom is 0.0499 e. The number of aryl methyl sites for hydroxylation is 2. The summed E-state index contributed by atoms with van der Waals surface area (Å²) in [5.74, 6) is 0. The average molecular weight is 234 g/mol. The van der Waals surface area contributed by atoms with E-state index in [9.17, 15) is 0 Å². The predicted molar refractivity (Wildman–Crippen MR) is 75.5 cm³/mol. The summed E-state index contributed by atoms with van der Waals surface area (Å²) >= 11 is 0. The second kappa shape index (κ2) is 5.19. The van der Waals surface area contributed by atoms with Gasteiger partial charge in [-0.25, -0.2) is 0 Å². The first kappa shape index (κ1) is 14.2. The van der Waals surface area contributed by atoms with Crippen molar-refractivity contribution in [3.63, 3.8) is 0 Å². The van der Waals surface area contributed by atoms with Crippen LogP contribution >= 0.6 is 0 Å². The normalized spacial score (nSPS) is 14.1. The van der Waals surface area contributed by atoms with Crippen LogP contribution in [0.15, 0.2) is 18.2 Å². The molecule has 1 aromatic rings. The third-order valence-electron chi connectivity index (χ3n) is 3.73. The van der Waals surface area contributed by atoms with E-state index in [1.807, 2.05) is 7.05 Å². The van der Waals surface area contributed by atoms with Gasteiger partial charge in [0.2, 0.25) is 0 Å². The summed E-state index contributed by atoms with van der Waals surface area (Å²) in [7, 11) is 6.30. The smallest absolute Gasteiger partial charge is 0.0499 e. The maximum atomic E-state index is 3.45. The number of likely N-dealkylation sites (N-methyl/N-ethyl adjacent to an activating group) is 2. The van der Waals surface area contributed by atoms with Gasteiger partial charge in [0.25, 0.3) is 0 Å². The highest BCUT2D eigenvalue weighted by atomic mass is 15.2. The lowest BCUT2D eigenvalue weighted by atomic mass is 9.86. The van der Waals surface area contributed by atoms with E-state index in [0.29, 0.717) is 6.04 Å². The largest absolute Gasteiger partial charge is 0.311 e. The van der Waals surface area contributed by atoms with Gasteiger partial charge in [-0.15, -0.1) is 0 Å². The molecule has 2 heteroatoms. The number of nitrogens with zero attached hydrogens (tertiary/aromatic N) is 1. The SMILES string of the molecule is CNC(c1cc(C)cc(C)c1)C(C)(C)N(C)C. The van der Waals surface area contributed by atoms with Crippen LogP contribution < -0.4 is 5.32 Å². The monoisotopic (exact) mass is 234 g/mol. The van der Waals surface area contributed by atoms with E-state index in [-0.39, 0.29) is 5.54 Å². The number of hydrogen-bond acceptors (Lipinski definition) is 2. The minimum atomic E-state index is 0.0784. The Labute approximate surface area is 106 Å². The molecule has 1 atom stereocenters. The topological polar surface area (TPSA) is 15.3 Å². The summed E-state index contributed by atoms with van der Waals surface area (Å²) in [5, 5.41) is 3.45. The van der Waals surface area contributed by atoms with Gasteiger partial charge in [0.05, 0.1) is 0 Å². The molecule has 17 heavy (non-hydrogen) atoms. The first-order valence-electron chi connectivity index (χ1n) is 6.22. The number of rotatable bonds is 4. The Morgan fingerprint density at radius 1 is 1.06 bits per heavy atom. The molecule has 0 saturated heterocycles. The fraction of sp³-hybridized carbons (Fsp3) is 0.600. The quantitative estimate of drug-likeness (QED) is 0.862. The van der Waals surface area contributed by atoms with Crippen molar-refractivity contribution in [2.45, 2.75) is 39.3 Å². The maximum absolute atomic E-state index is 3.45. The average Bonchev–Trinajstić information content (AvgIpc) is 2.16. The van der Waals surface area contributed by atoms with E-state index in [2.05, 4.69) is 70.2 Å². The molecule has 2 nitrogen and oxygen atoms in total. The molecule has 0 spiro atoms. The van der Waals surface area contributed by atoms with Gasteiger partial charge in [-0.1, -0.05) is 29.3 Å². The van der Waals surface area contributed by atoms with Crippen LogP contribution in [0.4, 0.5) is 0 Å². The zero-order valence-electron chi connectivity index (χ0n) is 12.3. The number of nitrogens with one attached hydrogen (secondary N) is 1. The van der Waals surface area contributed by atoms with Crippen LogP contribution in [0.5, 0.6) is 0 Å². The summed E-state index contributed by atoms with van der Waals surface area (Å²) in [6.45, 7) is 8.86. The van der Waals surface area contributed by atoms with Crippen LogP contribution in [0.1, 0.15) is 36.6 Å². The Bertz CT molecular complexity index is 360. The van der Waals surface area contributed by atoms with Crippen LogP contribution in [0.25, 0.3) is 0 Å². The van der Waals surface area contributed by atoms with E-state index < -0.39 is 0 Å². The molecule has 0 aliphatic carbocycles. The Morgan fingerprint density at radius 3 is 1.88 bits per heavy atom. The first-order chi connectivity index (χ1) is 7.78. The summed E-state index contributed by atoms with van der Waals surface area (Å²) < 4.78 is 0. The van der Waals surface area contributed by atoms with Crippen molar-refractivity contribution in [2.24, 2.45) is 0 Å². The van der Waals surface area contributed by atoms with Crippen LogP contribution in [0, 0.1) is 13.8 Å². The van der Waals surface area contributed by atoms with Gasteiger partial charge in [0.15, 0.2) is 0 Å². The molecule has 1 rings (SSSR count). The fourth-order valence-electron chi connectivity index (χ4n) is 2.36. The summed E-state index contributed by atoms with van der Waals surface area (Å²) in [4.78, 5) is 2.27. The molecule has 0 amide bonds. The standard InChI is InChI=1S/C15H26N2/c1-11-8-12(2)10-13(9-11)14(16-5)15(3,4)17(6)7/h8-10,14,16H,1-7H3. The second-order valence-electron chi connectivity index (χ2n) is 5.69. The Balaban J connectivity index is 3.18. The van der Waals surface area contributed by atoms with E-state index >= 15 is 0 Å². The lowest BCUT2D eigenvalue weighted by molar-refractivity contribution is 0.142. The summed E-state index contributed by atoms with van der Waals surface area (Å²) in [5.41, 5.74) is 4.10. The zero-order valence-corrected chi connectivity index (χ0v) is 12.3. The molecule has 1 unspecified atom stereocenters. The third-order valence-corrected chi connectivity index (χ3v) is 3.73. The number of hydrogen-bond donors (Lipinski definition) is 1. The zero-order chi connectivity index (χ0) is 13.2. The lowest BCUT2D eigenvalue weighted by Crippen LogP contribution is -2.48. The predicted octanol–water partition coefficient (Wildman–Crippen LogP) is 2.90. The van der Waals surface area contributed by atoms with Gasteiger partial charge in [-0.2, -0.15) is 0 Å². The minimum Gasteiger partial charge on any atom is -0.311 e. The van der Waals surface area contributed by atoms with Crippen molar-refractivity contribution in [3.05, 3.63) is 34.9 Å². The van der Waals surface area contributed by atoms with Crippen molar-refractivity contribution >= 4 is 0 Å². The Kier molecular flexibility index (Phi) is 4.34. The molecule has 0 fully saturated rings. The van der Waals surface area contributed by atoms with Gasteiger partial charge < -0.3 is 10.2 Å². The molecule has 0 saturated carbocycles. The van der Waals surface area contributed by atoms with E-state index in [1.165, 1.54) is 16.7 Å². The van der Waals surface area contributed by atoms with Gasteiger partial charge in [0, 0.05) is 11.6 Å². The van der Waals surface area contributed by atoms with Gasteiger partial charge >= 0.3 is 0 Å². The summed E-state index contributed by atoms with van der Waals surface area (Å²) in [6.07, 6.45) is 0. The van der Waals surface area contributed by atoms with Crippen molar-refractivity contribution < 1.29 is 0 Å². The fourth-order valence-corrected chi connectivity index (χ4v) is 2.36. The third kappa shape index (κ3) is 3.08. The van der Waals surface area contributed by atoms with Crippen LogP contribution in [0.3, 0.4) is 0 Å². The van der Waals surface area contributed by atoms with Crippen LogP contribution in [-0.2, 0) is 0 Å². The Hall–Kier alpha value is -0.860. The molecule has 0 heterocycles. The molecule has 96 valence electrons. The molecule has 0 aromatic heterocycles. The molecule has 1 aromatic carbocycles. The van der Waals surface area contributed by atoms with Crippen molar-refractivity contribution in [2.75, 3.05) is 21.1 Å². The number of benzene rings is 1. The summed E-state index contributed by atoms with van der Waals surface area (Å²) in [6, 6.07) is 7.11. The van der Waals surface area contributed by atoms with E-state index in [0.717, 1.165) is 0 Å². The van der Waals surface area contributed by atoms with Crippen molar-refractivity contribution in [1.82, 2.24) is 10.2 Å². The van der Waals surface area contributed by atoms with Crippen LogP contribution in [0.2, 0.25) is 0 Å². The molecule has 0 bridgehead atoms. The highest BCUT2D eigenvalue weighted by Gasteiger charge is 2.31. The van der Waals surface area contributed by atoms with Crippen molar-refractivity contribution in [3.8, 4) is 0 Å². The minimum absolute atomic E-state index is 0.0784. The molecular weight excluding hydrogens is 208 g/mol. The van der Waals surface area contributed by atoms with E-state index in [1.54, 1.807) is 0 Å². The molecule has 0 aliphatic heterocycles. The molecule has 1 N–H and O–H groups in total. The molecular formula is C15H26N2. The Morgan fingerprint density at radius 2 is 1.53 bits per heavy atom. The van der Waals surface area contributed by atoms with Gasteiger partial charge in [-0.3, -0.25) is 0 Å². The molecule has 0 radical (unpaired) electrons. The van der Waals surface area contributed by atoms with Crippen molar-refractivity contribution in [1.29, 1.82) is 0 Å². The van der Waals surface area contributed by atoms with Gasteiger partial charge in [0.1, 0.15) is 0 Å². The molecule has 0 aliphatic rings. The van der Waals surface area contributed by atoms with Gasteiger partial charge in [-0.05, 0) is 54.4 Å². The lowest BCUT2D eigenvalue weighted by Gasteiger charge is -2.40. The second-order valence-corrected chi connectivity index (χ2v) is 5.69.